The lowest BCUT2D eigenvalue weighted by molar-refractivity contribution is 0.0700. The molecule has 1 fully saturated rings. The predicted octanol–water partition coefficient (Wildman–Crippen LogP) is 3.85. The molecule has 4 rings (SSSR count). The highest BCUT2D eigenvalue weighted by molar-refractivity contribution is 5.95. The van der Waals surface area contributed by atoms with Crippen molar-refractivity contribution in [1.82, 2.24) is 4.90 Å². The van der Waals surface area contributed by atoms with Gasteiger partial charge in [-0.2, -0.15) is 0 Å². The standard InChI is InChI=1S/C22H23FN2O2/c1-2-4-14-7-8-19-18(11-14)21-17(20(13-26)24-19)9-10-25(21)22(27)15-5-3-6-16(23)12-15/h2-8,11-12,17,20-21,24,26H,9-10,13H2,1H3/b4-2+/t17-,20+,21-/m1/s1. The van der Waals surface area contributed by atoms with Crippen molar-refractivity contribution in [3.8, 4) is 0 Å². The van der Waals surface area contributed by atoms with E-state index in [2.05, 4.69) is 11.4 Å². The first-order valence-corrected chi connectivity index (χ1v) is 9.33. The number of fused-ring (bicyclic) bond motifs is 3. The van der Waals surface area contributed by atoms with E-state index in [1.165, 1.54) is 12.1 Å². The average molecular weight is 366 g/mol. The second-order valence-corrected chi connectivity index (χ2v) is 7.19. The Bertz CT molecular complexity index is 896. The number of aliphatic hydroxyl groups excluding tert-OH is 1. The molecule has 3 atom stereocenters. The molecule has 0 radical (unpaired) electrons. The summed E-state index contributed by atoms with van der Waals surface area (Å²) in [5.41, 5.74) is 3.44. The number of aliphatic hydroxyl groups is 1. The molecular formula is C22H23FN2O2. The lowest BCUT2D eigenvalue weighted by Gasteiger charge is -2.39. The van der Waals surface area contributed by atoms with Crippen molar-refractivity contribution >= 4 is 17.7 Å². The number of allylic oxidation sites excluding steroid dienone is 1. The Morgan fingerprint density at radius 2 is 2.19 bits per heavy atom. The molecule has 2 aromatic carbocycles. The summed E-state index contributed by atoms with van der Waals surface area (Å²) < 4.78 is 13.6. The largest absolute Gasteiger partial charge is 0.394 e. The van der Waals surface area contributed by atoms with Crippen molar-refractivity contribution in [2.75, 3.05) is 18.5 Å². The molecule has 0 aliphatic carbocycles. The number of nitrogens with one attached hydrogen (secondary N) is 1. The van der Waals surface area contributed by atoms with Gasteiger partial charge in [0.25, 0.3) is 5.91 Å². The first-order chi connectivity index (χ1) is 13.1. The van der Waals surface area contributed by atoms with Crippen molar-refractivity contribution in [2.24, 2.45) is 5.92 Å². The van der Waals surface area contributed by atoms with Crippen molar-refractivity contribution in [2.45, 2.75) is 25.4 Å². The maximum absolute atomic E-state index is 13.6. The van der Waals surface area contributed by atoms with Crippen molar-refractivity contribution in [3.63, 3.8) is 0 Å². The molecule has 0 saturated carbocycles. The Morgan fingerprint density at radius 1 is 1.33 bits per heavy atom. The number of amides is 1. The van der Waals surface area contributed by atoms with E-state index in [0.717, 1.165) is 23.2 Å². The number of anilines is 1. The summed E-state index contributed by atoms with van der Waals surface area (Å²) in [5, 5.41) is 13.3. The van der Waals surface area contributed by atoms with Gasteiger partial charge in [0.2, 0.25) is 0 Å². The zero-order valence-corrected chi connectivity index (χ0v) is 15.2. The van der Waals surface area contributed by atoms with E-state index in [4.69, 9.17) is 0 Å². The van der Waals surface area contributed by atoms with E-state index in [-0.39, 0.29) is 30.5 Å². The van der Waals surface area contributed by atoms with Crippen molar-refractivity contribution < 1.29 is 14.3 Å². The average Bonchev–Trinajstić information content (AvgIpc) is 3.12. The van der Waals surface area contributed by atoms with Crippen LogP contribution in [-0.2, 0) is 0 Å². The number of halogens is 1. The molecule has 27 heavy (non-hydrogen) atoms. The lowest BCUT2D eigenvalue weighted by atomic mass is 9.82. The zero-order chi connectivity index (χ0) is 19.0. The number of hydrogen-bond donors (Lipinski definition) is 2. The highest BCUT2D eigenvalue weighted by Crippen LogP contribution is 2.47. The molecule has 2 aliphatic rings. The summed E-state index contributed by atoms with van der Waals surface area (Å²) in [6.45, 7) is 2.58. The molecule has 2 heterocycles. The summed E-state index contributed by atoms with van der Waals surface area (Å²) in [4.78, 5) is 15.0. The van der Waals surface area contributed by atoms with Gasteiger partial charge in [-0.15, -0.1) is 0 Å². The van der Waals surface area contributed by atoms with Gasteiger partial charge in [0.05, 0.1) is 18.7 Å². The number of benzene rings is 2. The lowest BCUT2D eigenvalue weighted by Crippen LogP contribution is -2.42. The topological polar surface area (TPSA) is 52.6 Å². The number of hydrogen-bond acceptors (Lipinski definition) is 3. The number of carbonyl (C=O) groups is 1. The third-order valence-electron chi connectivity index (χ3n) is 5.58. The van der Waals surface area contributed by atoms with E-state index >= 15 is 0 Å². The number of nitrogens with zero attached hydrogens (tertiary/aromatic N) is 1. The Morgan fingerprint density at radius 3 is 2.93 bits per heavy atom. The molecule has 5 heteroatoms. The summed E-state index contributed by atoms with van der Waals surface area (Å²) in [7, 11) is 0. The molecule has 0 spiro atoms. The van der Waals surface area contributed by atoms with Crippen LogP contribution in [-0.4, -0.2) is 35.1 Å². The van der Waals surface area contributed by atoms with Crippen LogP contribution in [0, 0.1) is 11.7 Å². The molecule has 0 unspecified atom stereocenters. The number of carbonyl (C=O) groups excluding carboxylic acids is 1. The van der Waals surface area contributed by atoms with Gasteiger partial charge in [-0.05, 0) is 54.8 Å². The smallest absolute Gasteiger partial charge is 0.254 e. The molecule has 140 valence electrons. The van der Waals surface area contributed by atoms with Crippen LogP contribution < -0.4 is 5.32 Å². The minimum absolute atomic E-state index is 0.0131. The Kier molecular flexibility index (Phi) is 4.70. The Hall–Kier alpha value is -2.66. The summed E-state index contributed by atoms with van der Waals surface area (Å²) >= 11 is 0. The van der Waals surface area contributed by atoms with E-state index in [1.807, 2.05) is 36.1 Å². The van der Waals surface area contributed by atoms with E-state index < -0.39 is 5.82 Å². The quantitative estimate of drug-likeness (QED) is 0.868. The van der Waals surface area contributed by atoms with Crippen LogP contribution >= 0.6 is 0 Å². The summed E-state index contributed by atoms with van der Waals surface area (Å²) in [6, 6.07) is 11.8. The Labute approximate surface area is 158 Å². The van der Waals surface area contributed by atoms with Gasteiger partial charge < -0.3 is 15.3 Å². The molecule has 2 aliphatic heterocycles. The van der Waals surface area contributed by atoms with Crippen LogP contribution in [0.2, 0.25) is 0 Å². The molecule has 2 aromatic rings. The van der Waals surface area contributed by atoms with Gasteiger partial charge in [0.1, 0.15) is 5.82 Å². The normalized spacial score (nSPS) is 23.8. The number of rotatable bonds is 3. The van der Waals surface area contributed by atoms with Crippen LogP contribution in [0.5, 0.6) is 0 Å². The van der Waals surface area contributed by atoms with Crippen LogP contribution in [0.3, 0.4) is 0 Å². The fraction of sp³-hybridized carbons (Fsp3) is 0.318. The van der Waals surface area contributed by atoms with Gasteiger partial charge in [-0.1, -0.05) is 24.3 Å². The van der Waals surface area contributed by atoms with Crippen LogP contribution in [0.1, 0.15) is 40.9 Å². The maximum Gasteiger partial charge on any atom is 0.254 e. The minimum atomic E-state index is -0.411. The molecule has 4 nitrogen and oxygen atoms in total. The van der Waals surface area contributed by atoms with E-state index in [1.54, 1.807) is 12.1 Å². The molecular weight excluding hydrogens is 343 g/mol. The SMILES string of the molecule is C/C=C/c1ccc2c(c1)[C@H]1[C@H](CCN1C(=O)c1cccc(F)c1)[C@H](CO)N2. The summed E-state index contributed by atoms with van der Waals surface area (Å²) in [5.74, 6) is -0.449. The molecule has 2 N–H and O–H groups in total. The fourth-order valence-electron chi connectivity index (χ4n) is 4.39. The first-order valence-electron chi connectivity index (χ1n) is 9.33. The third kappa shape index (κ3) is 3.12. The third-order valence-corrected chi connectivity index (χ3v) is 5.58. The summed E-state index contributed by atoms with van der Waals surface area (Å²) in [6.07, 6.45) is 4.81. The van der Waals surface area contributed by atoms with Crippen LogP contribution in [0.15, 0.2) is 48.5 Å². The van der Waals surface area contributed by atoms with E-state index in [0.29, 0.717) is 12.1 Å². The highest BCUT2D eigenvalue weighted by Gasteiger charge is 2.45. The fourth-order valence-corrected chi connectivity index (χ4v) is 4.39. The van der Waals surface area contributed by atoms with Gasteiger partial charge in [-0.3, -0.25) is 4.79 Å². The zero-order valence-electron chi connectivity index (χ0n) is 15.2. The van der Waals surface area contributed by atoms with E-state index in [9.17, 15) is 14.3 Å². The molecule has 0 aromatic heterocycles. The highest BCUT2D eigenvalue weighted by atomic mass is 19.1. The van der Waals surface area contributed by atoms with Crippen LogP contribution in [0.25, 0.3) is 6.08 Å². The van der Waals surface area contributed by atoms with Gasteiger partial charge >= 0.3 is 0 Å². The van der Waals surface area contributed by atoms with Gasteiger partial charge in [0.15, 0.2) is 0 Å². The van der Waals surface area contributed by atoms with Crippen LogP contribution in [0.4, 0.5) is 10.1 Å². The predicted molar refractivity (Wildman–Crippen MR) is 104 cm³/mol. The molecule has 0 bridgehead atoms. The molecule has 1 amide bonds. The monoisotopic (exact) mass is 366 g/mol. The van der Waals surface area contributed by atoms with Gasteiger partial charge in [-0.25, -0.2) is 4.39 Å². The minimum Gasteiger partial charge on any atom is -0.394 e. The second-order valence-electron chi connectivity index (χ2n) is 7.19. The Balaban J connectivity index is 1.76. The first kappa shape index (κ1) is 17.7. The van der Waals surface area contributed by atoms with Gasteiger partial charge in [0, 0.05) is 23.7 Å². The number of likely N-dealkylation sites (tertiary alicyclic amines) is 1. The maximum atomic E-state index is 13.6. The molecule has 1 saturated heterocycles. The van der Waals surface area contributed by atoms with Crippen molar-refractivity contribution in [3.05, 3.63) is 71.0 Å². The second kappa shape index (κ2) is 7.16. The van der Waals surface area contributed by atoms with Crippen molar-refractivity contribution in [1.29, 1.82) is 0 Å².